The van der Waals surface area contributed by atoms with Gasteiger partial charge in [0.15, 0.2) is 6.61 Å². The highest BCUT2D eigenvalue weighted by atomic mass is 19.4. The largest absolute Gasteiger partial charge is 0.484 e. The average molecular weight is 306 g/mol. The molecule has 1 rings (SSSR count). The fraction of sp³-hybridized carbons (Fsp3) is 0.462. The van der Waals surface area contributed by atoms with E-state index in [0.29, 0.717) is 0 Å². The summed E-state index contributed by atoms with van der Waals surface area (Å²) in [6, 6.07) is 5.01. The van der Waals surface area contributed by atoms with Crippen molar-refractivity contribution in [3.8, 4) is 5.75 Å². The molecule has 3 N–H and O–H groups in total. The van der Waals surface area contributed by atoms with Gasteiger partial charge in [0, 0.05) is 11.8 Å². The van der Waals surface area contributed by atoms with Crippen molar-refractivity contribution in [3.05, 3.63) is 24.3 Å². The van der Waals surface area contributed by atoms with Crippen LogP contribution >= 0.6 is 0 Å². The molecule has 0 fully saturated rings. The van der Waals surface area contributed by atoms with E-state index in [2.05, 4.69) is 15.4 Å². The number of ether oxygens (including phenoxy) is 1. The summed E-state index contributed by atoms with van der Waals surface area (Å²) in [5.74, 6) is -0.00783. The Hall–Kier alpha value is -1.96. The second-order valence-corrected chi connectivity index (χ2v) is 5.05. The molecule has 2 amide bonds. The van der Waals surface area contributed by atoms with Crippen LogP contribution in [0.1, 0.15) is 13.8 Å². The standard InChI is InChI=1S/C13H17F3N2O3/c1-12(2,7-19)18-11(20)17-9-4-3-5-10(6-9)21-8-13(14,15)16/h3-6,19H,7-8H2,1-2H3,(H2,17,18,20). The molecule has 0 aliphatic carbocycles. The van der Waals surface area contributed by atoms with E-state index in [9.17, 15) is 18.0 Å². The third-order valence-electron chi connectivity index (χ3n) is 2.34. The maximum absolute atomic E-state index is 12.0. The van der Waals surface area contributed by atoms with E-state index in [0.717, 1.165) is 0 Å². The van der Waals surface area contributed by atoms with Crippen LogP contribution in [0.2, 0.25) is 0 Å². The molecule has 5 nitrogen and oxygen atoms in total. The normalized spacial score (nSPS) is 11.9. The molecule has 0 aliphatic heterocycles. The number of rotatable bonds is 5. The Bertz CT molecular complexity index is 490. The second kappa shape index (κ2) is 6.66. The Labute approximate surface area is 120 Å². The molecule has 0 unspecified atom stereocenters. The fourth-order valence-electron chi connectivity index (χ4n) is 1.34. The summed E-state index contributed by atoms with van der Waals surface area (Å²) in [7, 11) is 0. The van der Waals surface area contributed by atoms with Gasteiger partial charge < -0.3 is 20.5 Å². The lowest BCUT2D eigenvalue weighted by Crippen LogP contribution is -2.48. The highest BCUT2D eigenvalue weighted by Gasteiger charge is 2.28. The number of hydrogen-bond acceptors (Lipinski definition) is 3. The van der Waals surface area contributed by atoms with Gasteiger partial charge in [-0.25, -0.2) is 4.79 Å². The number of carbonyl (C=O) groups is 1. The monoisotopic (exact) mass is 306 g/mol. The number of hydrogen-bond donors (Lipinski definition) is 3. The van der Waals surface area contributed by atoms with Crippen molar-refractivity contribution in [1.29, 1.82) is 0 Å². The predicted molar refractivity (Wildman–Crippen MR) is 71.3 cm³/mol. The van der Waals surface area contributed by atoms with Crippen molar-refractivity contribution < 1.29 is 27.8 Å². The molecule has 0 atom stereocenters. The number of halogens is 3. The Morgan fingerprint density at radius 3 is 2.57 bits per heavy atom. The Morgan fingerprint density at radius 1 is 1.33 bits per heavy atom. The maximum Gasteiger partial charge on any atom is 0.422 e. The highest BCUT2D eigenvalue weighted by molar-refractivity contribution is 5.89. The van der Waals surface area contributed by atoms with Crippen LogP contribution in [0, 0.1) is 0 Å². The van der Waals surface area contributed by atoms with E-state index in [1.807, 2.05) is 0 Å². The molecule has 21 heavy (non-hydrogen) atoms. The number of aliphatic hydroxyl groups is 1. The molecule has 8 heteroatoms. The molecule has 0 saturated heterocycles. The minimum absolute atomic E-state index is 0.00783. The molecule has 0 aromatic heterocycles. The van der Waals surface area contributed by atoms with Gasteiger partial charge in [0.05, 0.1) is 12.1 Å². The molecular formula is C13H17F3N2O3. The van der Waals surface area contributed by atoms with E-state index >= 15 is 0 Å². The third-order valence-corrected chi connectivity index (χ3v) is 2.34. The lowest BCUT2D eigenvalue weighted by Gasteiger charge is -2.23. The first-order valence-corrected chi connectivity index (χ1v) is 6.11. The van der Waals surface area contributed by atoms with Crippen LogP contribution in [0.15, 0.2) is 24.3 Å². The first-order chi connectivity index (χ1) is 9.61. The number of amides is 2. The number of carbonyl (C=O) groups excluding carboxylic acids is 1. The molecular weight excluding hydrogens is 289 g/mol. The summed E-state index contributed by atoms with van der Waals surface area (Å²) in [4.78, 5) is 11.7. The fourth-order valence-corrected chi connectivity index (χ4v) is 1.34. The second-order valence-electron chi connectivity index (χ2n) is 5.05. The number of benzene rings is 1. The summed E-state index contributed by atoms with van der Waals surface area (Å²) in [5, 5.41) is 14.0. The van der Waals surface area contributed by atoms with Crippen LogP contribution in [-0.4, -0.2) is 36.1 Å². The number of urea groups is 1. The number of nitrogens with one attached hydrogen (secondary N) is 2. The van der Waals surface area contributed by atoms with Crippen molar-refractivity contribution >= 4 is 11.7 Å². The Balaban J connectivity index is 2.62. The molecule has 1 aromatic rings. The Morgan fingerprint density at radius 2 is 2.00 bits per heavy atom. The first kappa shape index (κ1) is 17.1. The van der Waals surface area contributed by atoms with Crippen LogP contribution < -0.4 is 15.4 Å². The molecule has 0 heterocycles. The zero-order valence-corrected chi connectivity index (χ0v) is 11.6. The minimum atomic E-state index is -4.42. The van der Waals surface area contributed by atoms with Gasteiger partial charge >= 0.3 is 12.2 Å². The van der Waals surface area contributed by atoms with Crippen LogP contribution in [-0.2, 0) is 0 Å². The molecule has 1 aromatic carbocycles. The van der Waals surface area contributed by atoms with Gasteiger partial charge in [0.2, 0.25) is 0 Å². The van der Waals surface area contributed by atoms with E-state index < -0.39 is 24.4 Å². The molecule has 0 aliphatic rings. The lowest BCUT2D eigenvalue weighted by molar-refractivity contribution is -0.153. The summed E-state index contributed by atoms with van der Waals surface area (Å²) >= 11 is 0. The summed E-state index contributed by atoms with van der Waals surface area (Å²) < 4.78 is 40.7. The van der Waals surface area contributed by atoms with Gasteiger partial charge in [-0.1, -0.05) is 6.07 Å². The smallest absolute Gasteiger partial charge is 0.422 e. The van der Waals surface area contributed by atoms with Crippen molar-refractivity contribution in [3.63, 3.8) is 0 Å². The first-order valence-electron chi connectivity index (χ1n) is 6.11. The van der Waals surface area contributed by atoms with Gasteiger partial charge in [0.25, 0.3) is 0 Å². The van der Waals surface area contributed by atoms with Crippen LogP contribution in [0.4, 0.5) is 23.7 Å². The number of alkyl halides is 3. The van der Waals surface area contributed by atoms with Gasteiger partial charge in [-0.15, -0.1) is 0 Å². The predicted octanol–water partition coefficient (Wildman–Crippen LogP) is 2.52. The van der Waals surface area contributed by atoms with Gasteiger partial charge in [-0.05, 0) is 26.0 Å². The van der Waals surface area contributed by atoms with Crippen LogP contribution in [0.5, 0.6) is 5.75 Å². The van der Waals surface area contributed by atoms with Gasteiger partial charge in [-0.3, -0.25) is 0 Å². The van der Waals surface area contributed by atoms with Crippen LogP contribution in [0.25, 0.3) is 0 Å². The van der Waals surface area contributed by atoms with E-state index in [-0.39, 0.29) is 18.0 Å². The Kier molecular flexibility index (Phi) is 5.42. The SMILES string of the molecule is CC(C)(CO)NC(=O)Nc1cccc(OCC(F)(F)F)c1. The van der Waals surface area contributed by atoms with Gasteiger partial charge in [-0.2, -0.15) is 13.2 Å². The van der Waals surface area contributed by atoms with Crippen LogP contribution in [0.3, 0.4) is 0 Å². The van der Waals surface area contributed by atoms with Gasteiger partial charge in [0.1, 0.15) is 5.75 Å². The highest BCUT2D eigenvalue weighted by Crippen LogP contribution is 2.21. The summed E-state index contributed by atoms with van der Waals surface area (Å²) in [6.07, 6.45) is -4.42. The van der Waals surface area contributed by atoms with E-state index in [1.54, 1.807) is 13.8 Å². The zero-order valence-electron chi connectivity index (χ0n) is 11.6. The van der Waals surface area contributed by atoms with Crippen molar-refractivity contribution in [2.45, 2.75) is 25.6 Å². The van der Waals surface area contributed by atoms with E-state index in [4.69, 9.17) is 5.11 Å². The maximum atomic E-state index is 12.0. The average Bonchev–Trinajstić information content (AvgIpc) is 2.35. The molecule has 118 valence electrons. The third kappa shape index (κ3) is 6.84. The number of anilines is 1. The lowest BCUT2D eigenvalue weighted by atomic mass is 10.1. The topological polar surface area (TPSA) is 70.6 Å². The van der Waals surface area contributed by atoms with E-state index in [1.165, 1.54) is 24.3 Å². The quantitative estimate of drug-likeness (QED) is 0.783. The summed E-state index contributed by atoms with van der Waals surface area (Å²) in [5.41, 5.74) is -0.532. The van der Waals surface area contributed by atoms with Crippen molar-refractivity contribution in [2.24, 2.45) is 0 Å². The van der Waals surface area contributed by atoms with Crippen molar-refractivity contribution in [2.75, 3.05) is 18.5 Å². The molecule has 0 saturated carbocycles. The number of aliphatic hydroxyl groups excluding tert-OH is 1. The zero-order chi connectivity index (χ0) is 16.1. The molecule has 0 bridgehead atoms. The summed E-state index contributed by atoms with van der Waals surface area (Å²) in [6.45, 7) is 1.58. The minimum Gasteiger partial charge on any atom is -0.484 e. The molecule has 0 radical (unpaired) electrons. The molecule has 0 spiro atoms. The van der Waals surface area contributed by atoms with Crippen molar-refractivity contribution in [1.82, 2.24) is 5.32 Å².